The van der Waals surface area contributed by atoms with Crippen molar-refractivity contribution in [2.24, 2.45) is 0 Å². The predicted octanol–water partition coefficient (Wildman–Crippen LogP) is 6.44. The highest BCUT2D eigenvalue weighted by Crippen LogP contribution is 2.32. The minimum atomic E-state index is -0.240. The molecule has 0 atom stereocenters. The van der Waals surface area contributed by atoms with E-state index in [4.69, 9.17) is 10.1 Å². The highest BCUT2D eigenvalue weighted by molar-refractivity contribution is 5.81. The van der Waals surface area contributed by atoms with Gasteiger partial charge in [-0.3, -0.25) is 0 Å². The maximum atomic E-state index is 13.5. The van der Waals surface area contributed by atoms with Gasteiger partial charge in [-0.25, -0.2) is 9.37 Å². The van der Waals surface area contributed by atoms with Gasteiger partial charge in [-0.05, 0) is 56.7 Å². The number of hydrogen-bond donors (Lipinski definition) is 1. The van der Waals surface area contributed by atoms with Crippen LogP contribution in [0.3, 0.4) is 0 Å². The first-order valence-corrected chi connectivity index (χ1v) is 10.9. The molecule has 1 aromatic carbocycles. The third kappa shape index (κ3) is 4.25. The van der Waals surface area contributed by atoms with E-state index in [9.17, 15) is 4.39 Å². The van der Waals surface area contributed by atoms with E-state index in [1.807, 2.05) is 11.4 Å². The predicted molar refractivity (Wildman–Crippen MR) is 121 cm³/mol. The lowest BCUT2D eigenvalue weighted by Gasteiger charge is -2.20. The van der Waals surface area contributed by atoms with Crippen molar-refractivity contribution in [1.29, 1.82) is 0 Å². The molecule has 0 saturated heterocycles. The Kier molecular flexibility index (Phi) is 5.63. The number of nitrogens with zero attached hydrogens (tertiary/aromatic N) is 3. The van der Waals surface area contributed by atoms with Crippen molar-refractivity contribution in [3.63, 3.8) is 0 Å². The van der Waals surface area contributed by atoms with Crippen molar-refractivity contribution in [2.45, 2.75) is 65.2 Å². The maximum absolute atomic E-state index is 13.5. The molecule has 4 rings (SSSR count). The Hall–Kier alpha value is -2.69. The molecule has 1 aliphatic rings. The lowest BCUT2D eigenvalue weighted by molar-refractivity contribution is 0.568. The highest BCUT2D eigenvalue weighted by atomic mass is 19.1. The molecule has 0 unspecified atom stereocenters. The zero-order valence-corrected chi connectivity index (χ0v) is 18.4. The molecule has 0 aliphatic heterocycles. The summed E-state index contributed by atoms with van der Waals surface area (Å²) in [7, 11) is 0. The number of hydrogen-bond acceptors (Lipinski definition) is 3. The number of nitrogens with one attached hydrogen (secondary N) is 1. The van der Waals surface area contributed by atoms with E-state index >= 15 is 0 Å². The quantitative estimate of drug-likeness (QED) is 0.496. The first-order valence-electron chi connectivity index (χ1n) is 10.9. The average molecular weight is 407 g/mol. The molecule has 0 radical (unpaired) electrons. The normalized spacial score (nSPS) is 14.8. The Morgan fingerprint density at radius 1 is 1.13 bits per heavy atom. The van der Waals surface area contributed by atoms with E-state index in [1.54, 1.807) is 17.7 Å². The van der Waals surface area contributed by atoms with E-state index in [-0.39, 0.29) is 11.2 Å². The van der Waals surface area contributed by atoms with Gasteiger partial charge in [-0.1, -0.05) is 44.6 Å². The van der Waals surface area contributed by atoms with Gasteiger partial charge >= 0.3 is 0 Å². The zero-order valence-electron chi connectivity index (χ0n) is 18.4. The lowest BCUT2D eigenvalue weighted by atomic mass is 9.91. The molecular weight excluding hydrogens is 375 g/mol. The lowest BCUT2D eigenvalue weighted by Crippen LogP contribution is -2.17. The van der Waals surface area contributed by atoms with Crippen LogP contribution < -0.4 is 5.32 Å². The molecule has 1 aliphatic carbocycles. The van der Waals surface area contributed by atoms with Gasteiger partial charge in [0.05, 0.1) is 11.4 Å². The van der Waals surface area contributed by atoms with Crippen LogP contribution in [0.4, 0.5) is 10.2 Å². The second kappa shape index (κ2) is 8.21. The van der Waals surface area contributed by atoms with E-state index < -0.39 is 0 Å². The van der Waals surface area contributed by atoms with Gasteiger partial charge in [0.1, 0.15) is 11.6 Å². The molecule has 0 bridgehead atoms. The molecule has 2 heterocycles. The molecule has 3 aromatic rings. The Morgan fingerprint density at radius 2 is 1.90 bits per heavy atom. The average Bonchev–Trinajstić information content (AvgIpc) is 3.05. The zero-order chi connectivity index (χ0) is 21.3. The van der Waals surface area contributed by atoms with Crippen LogP contribution in [0.25, 0.3) is 16.8 Å². The molecule has 30 heavy (non-hydrogen) atoms. The van der Waals surface area contributed by atoms with Gasteiger partial charge in [-0.15, -0.1) is 0 Å². The fraction of sp³-hybridized carbons (Fsp3) is 0.440. The summed E-state index contributed by atoms with van der Waals surface area (Å²) in [4.78, 5) is 4.98. The summed E-state index contributed by atoms with van der Waals surface area (Å²) in [6, 6.07) is 8.69. The van der Waals surface area contributed by atoms with Gasteiger partial charge in [0.15, 0.2) is 5.65 Å². The summed E-state index contributed by atoms with van der Waals surface area (Å²) in [5.74, 6) is 0.716. The van der Waals surface area contributed by atoms with Crippen LogP contribution in [0.1, 0.15) is 64.3 Å². The first kappa shape index (κ1) is 20.6. The summed E-state index contributed by atoms with van der Waals surface area (Å²) in [5.41, 5.74) is 6.06. The third-order valence-electron chi connectivity index (χ3n) is 5.80. The summed E-state index contributed by atoms with van der Waals surface area (Å²) < 4.78 is 15.4. The largest absolute Gasteiger partial charge is 0.370 e. The number of anilines is 1. The first-order chi connectivity index (χ1) is 14.3. The van der Waals surface area contributed by atoms with Gasteiger partial charge in [-0.2, -0.15) is 9.61 Å². The Balaban J connectivity index is 1.74. The molecule has 4 nitrogen and oxygen atoms in total. The molecule has 0 spiro atoms. The van der Waals surface area contributed by atoms with Crippen LogP contribution >= 0.6 is 0 Å². The monoisotopic (exact) mass is 406 g/mol. The molecule has 158 valence electrons. The van der Waals surface area contributed by atoms with Crippen molar-refractivity contribution in [1.82, 2.24) is 14.6 Å². The third-order valence-corrected chi connectivity index (χ3v) is 5.80. The van der Waals surface area contributed by atoms with Crippen LogP contribution in [0.5, 0.6) is 0 Å². The number of aryl methyl sites for hydroxylation is 1. The van der Waals surface area contributed by atoms with Crippen LogP contribution in [0, 0.1) is 12.7 Å². The fourth-order valence-corrected chi connectivity index (χ4v) is 4.07. The van der Waals surface area contributed by atoms with E-state index in [0.717, 1.165) is 46.9 Å². The van der Waals surface area contributed by atoms with Gasteiger partial charge in [0.25, 0.3) is 0 Å². The van der Waals surface area contributed by atoms with Crippen molar-refractivity contribution in [2.75, 3.05) is 11.9 Å². The number of rotatable bonds is 5. The van der Waals surface area contributed by atoms with Crippen LogP contribution in [0.2, 0.25) is 0 Å². The molecule has 0 saturated carbocycles. The van der Waals surface area contributed by atoms with E-state index in [1.165, 1.54) is 37.8 Å². The smallest absolute Gasteiger partial charge is 0.165 e. The minimum absolute atomic E-state index is 0.0949. The van der Waals surface area contributed by atoms with Gasteiger partial charge < -0.3 is 5.32 Å². The Bertz CT molecular complexity index is 1070. The Labute approximate surface area is 178 Å². The number of allylic oxidation sites excluding steroid dienone is 1. The van der Waals surface area contributed by atoms with Gasteiger partial charge in [0, 0.05) is 23.6 Å². The second-order valence-electron chi connectivity index (χ2n) is 9.26. The van der Waals surface area contributed by atoms with Crippen LogP contribution in [-0.4, -0.2) is 21.1 Å². The second-order valence-corrected chi connectivity index (χ2v) is 9.26. The van der Waals surface area contributed by atoms with Crippen molar-refractivity contribution < 1.29 is 4.39 Å². The number of halogens is 1. The number of benzene rings is 1. The standard InChI is InChI=1S/C25H31FN4/c1-17-23(19-10-12-20(26)13-11-19)24-28-21(25(2,3)4)16-22(30(24)29-17)27-15-14-18-8-6-5-7-9-18/h8,10-13,16,27H,5-7,9,14-15H2,1-4H3. The van der Waals surface area contributed by atoms with Crippen molar-refractivity contribution >= 4 is 11.5 Å². The van der Waals surface area contributed by atoms with E-state index in [0.29, 0.717) is 0 Å². The summed E-state index contributed by atoms with van der Waals surface area (Å²) in [6.07, 6.45) is 8.51. The molecular formula is C25H31FN4. The van der Waals surface area contributed by atoms with Crippen molar-refractivity contribution in [3.05, 3.63) is 59.2 Å². The summed E-state index contributed by atoms with van der Waals surface area (Å²) in [5, 5.41) is 8.39. The molecule has 0 amide bonds. The topological polar surface area (TPSA) is 42.2 Å². The summed E-state index contributed by atoms with van der Waals surface area (Å²) in [6.45, 7) is 9.37. The molecule has 2 aromatic heterocycles. The molecule has 1 N–H and O–H groups in total. The van der Waals surface area contributed by atoms with Crippen LogP contribution in [-0.2, 0) is 5.41 Å². The Morgan fingerprint density at radius 3 is 2.57 bits per heavy atom. The maximum Gasteiger partial charge on any atom is 0.165 e. The summed E-state index contributed by atoms with van der Waals surface area (Å²) >= 11 is 0. The van der Waals surface area contributed by atoms with Gasteiger partial charge in [0.2, 0.25) is 0 Å². The number of aromatic nitrogens is 3. The van der Waals surface area contributed by atoms with Crippen molar-refractivity contribution in [3.8, 4) is 11.1 Å². The number of fused-ring (bicyclic) bond motifs is 1. The molecule has 5 heteroatoms. The van der Waals surface area contributed by atoms with E-state index in [2.05, 4.69) is 38.2 Å². The fourth-order valence-electron chi connectivity index (χ4n) is 4.07. The highest BCUT2D eigenvalue weighted by Gasteiger charge is 2.22. The minimum Gasteiger partial charge on any atom is -0.370 e. The molecule has 0 fully saturated rings. The SMILES string of the molecule is Cc1nn2c(NCCC3=CCCCC3)cc(C(C)(C)C)nc2c1-c1ccc(F)cc1. The van der Waals surface area contributed by atoms with Crippen LogP contribution in [0.15, 0.2) is 42.0 Å².